The Morgan fingerprint density at radius 1 is 1.10 bits per heavy atom. The van der Waals surface area contributed by atoms with Gasteiger partial charge in [-0.25, -0.2) is 4.79 Å². The van der Waals surface area contributed by atoms with Crippen LogP contribution in [0.2, 0.25) is 0 Å². The number of ether oxygens (including phenoxy) is 1. The maximum Gasteiger partial charge on any atom is 0.322 e. The van der Waals surface area contributed by atoms with Crippen molar-refractivity contribution in [2.75, 3.05) is 24.3 Å². The second kappa shape index (κ2) is 9.13. The van der Waals surface area contributed by atoms with E-state index in [1.807, 2.05) is 43.3 Å². The summed E-state index contributed by atoms with van der Waals surface area (Å²) < 4.78 is 5.28. The number of carbonyl (C=O) groups excluding carboxylic acids is 2. The molecule has 1 aromatic heterocycles. The maximum atomic E-state index is 12.9. The molecule has 0 aliphatic carbocycles. The van der Waals surface area contributed by atoms with Crippen LogP contribution in [-0.4, -0.2) is 46.7 Å². The van der Waals surface area contributed by atoms with Crippen molar-refractivity contribution in [2.45, 2.75) is 25.8 Å². The highest BCUT2D eigenvalue weighted by Crippen LogP contribution is 2.28. The van der Waals surface area contributed by atoms with Gasteiger partial charge in [0, 0.05) is 12.1 Å². The molecule has 0 radical (unpaired) electrons. The van der Waals surface area contributed by atoms with Gasteiger partial charge in [-0.1, -0.05) is 53.3 Å². The first-order chi connectivity index (χ1) is 15.0. The highest BCUT2D eigenvalue weighted by atomic mass is 32.1. The summed E-state index contributed by atoms with van der Waals surface area (Å²) >= 11 is 1.31. The fourth-order valence-corrected chi connectivity index (χ4v) is 4.24. The number of nitrogens with zero attached hydrogens (tertiary/aromatic N) is 3. The Labute approximate surface area is 184 Å². The van der Waals surface area contributed by atoms with Crippen LogP contribution in [0.15, 0.2) is 48.5 Å². The molecule has 1 atom stereocenters. The summed E-state index contributed by atoms with van der Waals surface area (Å²) in [6.45, 7) is 2.52. The number of anilines is 2. The second-order valence-corrected chi connectivity index (χ2v) is 8.23. The molecule has 1 saturated heterocycles. The van der Waals surface area contributed by atoms with Crippen LogP contribution in [0.1, 0.15) is 18.4 Å². The van der Waals surface area contributed by atoms with Gasteiger partial charge in [-0.3, -0.25) is 10.1 Å². The average molecular weight is 438 g/mol. The average Bonchev–Trinajstić information content (AvgIpc) is 3.44. The Kier molecular flexibility index (Phi) is 6.13. The van der Waals surface area contributed by atoms with Gasteiger partial charge in [0.15, 0.2) is 0 Å². The second-order valence-electron chi connectivity index (χ2n) is 7.25. The normalized spacial score (nSPS) is 15.5. The molecule has 2 aromatic carbocycles. The first-order valence-corrected chi connectivity index (χ1v) is 10.8. The molecule has 8 nitrogen and oxygen atoms in total. The number of nitrogens with one attached hydrogen (secondary N) is 2. The smallest absolute Gasteiger partial charge is 0.322 e. The molecule has 2 N–H and O–H groups in total. The van der Waals surface area contributed by atoms with Crippen LogP contribution in [0.25, 0.3) is 10.6 Å². The van der Waals surface area contributed by atoms with Crippen LogP contribution >= 0.6 is 11.3 Å². The number of methoxy groups -OCH3 is 1. The predicted octanol–water partition coefficient (Wildman–Crippen LogP) is 4.16. The first-order valence-electron chi connectivity index (χ1n) is 9.97. The van der Waals surface area contributed by atoms with Gasteiger partial charge in [-0.2, -0.15) is 0 Å². The van der Waals surface area contributed by atoms with Gasteiger partial charge < -0.3 is 15.0 Å². The standard InChI is InChI=1S/C22H23N5O3S/c1-14-9-11-15(12-10-14)20-25-26-21(31-20)24-19(28)17-7-5-13-27(17)22(29)23-16-6-3-4-8-18(16)30-2/h3-4,6,8-12,17H,5,7,13H2,1-2H3,(H,23,29)(H,24,26,28). The van der Waals surface area contributed by atoms with Crippen molar-refractivity contribution < 1.29 is 14.3 Å². The van der Waals surface area contributed by atoms with Gasteiger partial charge in [-0.15, -0.1) is 10.2 Å². The number of hydrogen-bond acceptors (Lipinski definition) is 6. The number of carbonyl (C=O) groups is 2. The SMILES string of the molecule is COc1ccccc1NC(=O)N1CCCC1C(=O)Nc1nnc(-c2ccc(C)cc2)s1. The number of aromatic nitrogens is 2. The summed E-state index contributed by atoms with van der Waals surface area (Å²) in [4.78, 5) is 27.2. The van der Waals surface area contributed by atoms with Gasteiger partial charge in [0.25, 0.3) is 0 Å². The monoisotopic (exact) mass is 437 g/mol. The minimum atomic E-state index is -0.568. The predicted molar refractivity (Wildman–Crippen MR) is 120 cm³/mol. The topological polar surface area (TPSA) is 96.5 Å². The molecule has 0 spiro atoms. The van der Waals surface area contributed by atoms with Crippen molar-refractivity contribution in [1.29, 1.82) is 0 Å². The Hall–Kier alpha value is -3.46. The van der Waals surface area contributed by atoms with Gasteiger partial charge in [-0.05, 0) is 31.9 Å². The van der Waals surface area contributed by atoms with Crippen molar-refractivity contribution >= 4 is 34.1 Å². The number of amides is 3. The van der Waals surface area contributed by atoms with E-state index in [9.17, 15) is 9.59 Å². The van der Waals surface area contributed by atoms with Crippen LogP contribution in [-0.2, 0) is 4.79 Å². The number of rotatable bonds is 5. The van der Waals surface area contributed by atoms with E-state index in [1.165, 1.54) is 11.3 Å². The molecule has 0 saturated carbocycles. The van der Waals surface area contributed by atoms with Crippen LogP contribution in [0.5, 0.6) is 5.75 Å². The van der Waals surface area contributed by atoms with E-state index in [1.54, 1.807) is 24.1 Å². The zero-order valence-electron chi connectivity index (χ0n) is 17.3. The van der Waals surface area contributed by atoms with Gasteiger partial charge in [0.05, 0.1) is 12.8 Å². The third-order valence-corrected chi connectivity index (χ3v) is 6.01. The summed E-state index contributed by atoms with van der Waals surface area (Å²) in [5, 5.41) is 15.1. The van der Waals surface area contributed by atoms with Gasteiger partial charge in [0.1, 0.15) is 16.8 Å². The Balaban J connectivity index is 1.42. The molecular weight excluding hydrogens is 414 g/mol. The lowest BCUT2D eigenvalue weighted by atomic mass is 10.2. The highest BCUT2D eigenvalue weighted by Gasteiger charge is 2.35. The lowest BCUT2D eigenvalue weighted by Crippen LogP contribution is -2.45. The quantitative estimate of drug-likeness (QED) is 0.625. The lowest BCUT2D eigenvalue weighted by Gasteiger charge is -2.24. The third kappa shape index (κ3) is 4.66. The maximum absolute atomic E-state index is 12.9. The van der Waals surface area contributed by atoms with E-state index < -0.39 is 6.04 Å². The van der Waals surface area contributed by atoms with Crippen LogP contribution in [0, 0.1) is 6.92 Å². The molecule has 3 aromatic rings. The Bertz CT molecular complexity index is 1080. The van der Waals surface area contributed by atoms with E-state index in [2.05, 4.69) is 20.8 Å². The summed E-state index contributed by atoms with van der Waals surface area (Å²) in [5.41, 5.74) is 2.67. The summed E-state index contributed by atoms with van der Waals surface area (Å²) in [7, 11) is 1.55. The number of aryl methyl sites for hydroxylation is 1. The summed E-state index contributed by atoms with van der Waals surface area (Å²) in [5.74, 6) is 0.299. The molecule has 1 unspecified atom stereocenters. The summed E-state index contributed by atoms with van der Waals surface area (Å²) in [6, 6.07) is 14.2. The highest BCUT2D eigenvalue weighted by molar-refractivity contribution is 7.18. The van der Waals surface area contributed by atoms with Crippen molar-refractivity contribution in [3.8, 4) is 16.3 Å². The molecule has 4 rings (SSSR count). The minimum Gasteiger partial charge on any atom is -0.495 e. The third-order valence-electron chi connectivity index (χ3n) is 5.12. The number of benzene rings is 2. The number of para-hydroxylation sites is 2. The number of hydrogen-bond donors (Lipinski definition) is 2. The fourth-order valence-electron chi connectivity index (χ4n) is 3.49. The molecule has 1 aliphatic rings. The van der Waals surface area contributed by atoms with Crippen molar-refractivity contribution in [3.05, 3.63) is 54.1 Å². The number of urea groups is 1. The molecule has 160 valence electrons. The number of likely N-dealkylation sites (tertiary alicyclic amines) is 1. The Morgan fingerprint density at radius 3 is 2.65 bits per heavy atom. The van der Waals surface area contributed by atoms with E-state index in [4.69, 9.17) is 4.74 Å². The van der Waals surface area contributed by atoms with Crippen molar-refractivity contribution in [2.24, 2.45) is 0 Å². The van der Waals surface area contributed by atoms with Crippen LogP contribution in [0.4, 0.5) is 15.6 Å². The minimum absolute atomic E-state index is 0.265. The molecule has 9 heteroatoms. The first kappa shape index (κ1) is 20.8. The van der Waals surface area contributed by atoms with Crippen molar-refractivity contribution in [1.82, 2.24) is 15.1 Å². The van der Waals surface area contributed by atoms with Crippen LogP contribution in [0.3, 0.4) is 0 Å². The molecule has 2 heterocycles. The van der Waals surface area contributed by atoms with Crippen molar-refractivity contribution in [3.63, 3.8) is 0 Å². The molecule has 3 amide bonds. The van der Waals surface area contributed by atoms with Gasteiger partial charge >= 0.3 is 6.03 Å². The van der Waals surface area contributed by atoms with E-state index in [0.717, 1.165) is 22.6 Å². The van der Waals surface area contributed by atoms with Gasteiger partial charge in [0.2, 0.25) is 11.0 Å². The zero-order valence-corrected chi connectivity index (χ0v) is 18.1. The molecule has 1 fully saturated rings. The molecule has 1 aliphatic heterocycles. The van der Waals surface area contributed by atoms with E-state index in [0.29, 0.717) is 29.5 Å². The fraction of sp³-hybridized carbons (Fsp3) is 0.273. The zero-order chi connectivity index (χ0) is 21.8. The largest absolute Gasteiger partial charge is 0.495 e. The lowest BCUT2D eigenvalue weighted by molar-refractivity contribution is -0.119. The molecule has 31 heavy (non-hydrogen) atoms. The van der Waals surface area contributed by atoms with E-state index in [-0.39, 0.29) is 11.9 Å². The van der Waals surface area contributed by atoms with E-state index >= 15 is 0 Å². The molecule has 0 bridgehead atoms. The Morgan fingerprint density at radius 2 is 1.87 bits per heavy atom. The summed E-state index contributed by atoms with van der Waals surface area (Å²) in [6.07, 6.45) is 1.34. The van der Waals surface area contributed by atoms with Crippen LogP contribution < -0.4 is 15.4 Å². The molecular formula is C22H23N5O3S.